The fraction of sp³-hybridized carbons (Fsp3) is 0.429. The number of hydrogen-bond acceptors (Lipinski definition) is 3. The summed E-state index contributed by atoms with van der Waals surface area (Å²) in [5, 5.41) is 10.1. The van der Waals surface area contributed by atoms with E-state index in [1.165, 1.54) is 0 Å². The highest BCUT2D eigenvalue weighted by Gasteiger charge is 2.41. The van der Waals surface area contributed by atoms with Gasteiger partial charge in [-0.25, -0.2) is 4.79 Å². The van der Waals surface area contributed by atoms with Crippen LogP contribution in [0.4, 0.5) is 0 Å². The summed E-state index contributed by atoms with van der Waals surface area (Å²) in [6.45, 7) is 13.4. The van der Waals surface area contributed by atoms with Crippen molar-refractivity contribution in [2.24, 2.45) is 0 Å². The van der Waals surface area contributed by atoms with Crippen LogP contribution in [0.15, 0.2) is 42.5 Å². The predicted molar refractivity (Wildman–Crippen MR) is 149 cm³/mol. The van der Waals surface area contributed by atoms with E-state index in [2.05, 4.69) is 33.9 Å². The van der Waals surface area contributed by atoms with Crippen molar-refractivity contribution in [1.82, 2.24) is 4.90 Å². The molecule has 1 aliphatic rings. The van der Waals surface area contributed by atoms with Gasteiger partial charge in [0.05, 0.1) is 25.1 Å². The van der Waals surface area contributed by atoms with Gasteiger partial charge in [0.15, 0.2) is 8.32 Å². The second kappa shape index (κ2) is 11.1. The molecular formula is C28H35Cl2NO4Si. The van der Waals surface area contributed by atoms with Crippen LogP contribution in [-0.2, 0) is 26.9 Å². The molecule has 36 heavy (non-hydrogen) atoms. The van der Waals surface area contributed by atoms with Crippen molar-refractivity contribution in [3.8, 4) is 0 Å². The molecule has 0 aliphatic carbocycles. The fourth-order valence-electron chi connectivity index (χ4n) is 4.39. The van der Waals surface area contributed by atoms with E-state index in [9.17, 15) is 9.59 Å². The molecule has 2 atom stereocenters. The van der Waals surface area contributed by atoms with Gasteiger partial charge < -0.3 is 14.4 Å². The highest BCUT2D eigenvalue weighted by Crippen LogP contribution is 2.40. The normalized spacial score (nSPS) is 18.4. The molecule has 8 heteroatoms. The highest BCUT2D eigenvalue weighted by molar-refractivity contribution is 6.74. The molecule has 2 aromatic rings. The number of fused-ring (bicyclic) bond motifs is 1. The van der Waals surface area contributed by atoms with Crippen LogP contribution in [0.3, 0.4) is 0 Å². The first kappa shape index (κ1) is 28.4. The Balaban J connectivity index is 2.01. The first-order valence-electron chi connectivity index (χ1n) is 12.1. The number of carbonyl (C=O) groups is 2. The van der Waals surface area contributed by atoms with Crippen molar-refractivity contribution in [2.75, 3.05) is 6.61 Å². The van der Waals surface area contributed by atoms with Crippen LogP contribution in [-0.4, -0.2) is 42.8 Å². The molecule has 0 spiro atoms. The average Bonchev–Trinajstić information content (AvgIpc) is 2.78. The molecule has 0 bridgehead atoms. The van der Waals surface area contributed by atoms with Gasteiger partial charge in [-0.2, -0.15) is 0 Å². The minimum atomic E-state index is -2.07. The third-order valence-electron chi connectivity index (χ3n) is 7.47. The lowest BCUT2D eigenvalue weighted by Crippen LogP contribution is -2.52. The van der Waals surface area contributed by atoms with Crippen molar-refractivity contribution < 1.29 is 19.1 Å². The molecule has 3 rings (SSSR count). The molecule has 0 aromatic heterocycles. The first-order chi connectivity index (χ1) is 16.7. The van der Waals surface area contributed by atoms with E-state index in [1.807, 2.05) is 30.0 Å². The number of carboxylic acid groups (broad SMARTS) is 1. The summed E-state index contributed by atoms with van der Waals surface area (Å²) in [4.78, 5) is 26.9. The lowest BCUT2D eigenvalue weighted by molar-refractivity contribution is -0.137. The Labute approximate surface area is 225 Å². The van der Waals surface area contributed by atoms with Gasteiger partial charge in [0, 0.05) is 16.1 Å². The topological polar surface area (TPSA) is 66.8 Å². The monoisotopic (exact) mass is 547 g/mol. The molecule has 1 N–H and O–H groups in total. The summed E-state index contributed by atoms with van der Waals surface area (Å²) in [6, 6.07) is 10.6. The maximum Gasteiger partial charge on any atom is 0.328 e. The van der Waals surface area contributed by atoms with Crippen LogP contribution in [0.25, 0.3) is 6.08 Å². The van der Waals surface area contributed by atoms with Gasteiger partial charge in [0.25, 0.3) is 0 Å². The zero-order chi connectivity index (χ0) is 26.8. The van der Waals surface area contributed by atoms with Crippen LogP contribution in [0.2, 0.25) is 28.2 Å². The van der Waals surface area contributed by atoms with Gasteiger partial charge in [-0.1, -0.05) is 68.2 Å². The van der Waals surface area contributed by atoms with E-state index in [4.69, 9.17) is 32.7 Å². The Hall–Kier alpha value is -2.12. The van der Waals surface area contributed by atoms with Crippen molar-refractivity contribution in [3.05, 3.63) is 74.8 Å². The van der Waals surface area contributed by atoms with Crippen LogP contribution in [0, 0.1) is 0 Å². The lowest BCUT2D eigenvalue weighted by atomic mass is 9.85. The quantitative estimate of drug-likeness (QED) is 0.294. The lowest BCUT2D eigenvalue weighted by Gasteiger charge is -2.45. The van der Waals surface area contributed by atoms with Crippen molar-refractivity contribution >= 4 is 49.5 Å². The van der Waals surface area contributed by atoms with Crippen LogP contribution in [0.5, 0.6) is 0 Å². The summed E-state index contributed by atoms with van der Waals surface area (Å²) < 4.78 is 6.59. The zero-order valence-corrected chi connectivity index (χ0v) is 24.3. The van der Waals surface area contributed by atoms with E-state index in [0.717, 1.165) is 22.8 Å². The van der Waals surface area contributed by atoms with E-state index in [-0.39, 0.29) is 29.4 Å². The number of hydrogen-bond donors (Lipinski definition) is 1. The SMILES string of the molecule is C[C@H]1c2cccc(/C=C/C(=O)O)c2C[C@H](CO[Si](C)(C)C(C)(C)C)N1C(=O)Cc1c(Cl)cccc1Cl. The predicted octanol–water partition coefficient (Wildman–Crippen LogP) is 7.17. The molecule has 0 saturated carbocycles. The number of halogens is 2. The van der Waals surface area contributed by atoms with Gasteiger partial charge in [-0.05, 0) is 71.9 Å². The Morgan fingerprint density at radius 2 is 1.75 bits per heavy atom. The van der Waals surface area contributed by atoms with Gasteiger partial charge in [0.1, 0.15) is 0 Å². The smallest absolute Gasteiger partial charge is 0.328 e. The second-order valence-corrected chi connectivity index (χ2v) is 16.5. The van der Waals surface area contributed by atoms with E-state index >= 15 is 0 Å². The minimum Gasteiger partial charge on any atom is -0.478 e. The number of aliphatic carboxylic acids is 1. The van der Waals surface area contributed by atoms with Crippen molar-refractivity contribution in [3.63, 3.8) is 0 Å². The van der Waals surface area contributed by atoms with Crippen molar-refractivity contribution in [2.45, 2.75) is 70.8 Å². The molecule has 1 aliphatic heterocycles. The molecule has 0 fully saturated rings. The number of benzene rings is 2. The standard InChI is InChI=1S/C28H35Cl2NO4Si/c1-18-21-10-7-9-19(13-14-27(33)34)22(21)15-20(17-35-36(5,6)28(2,3)4)31(18)26(32)16-23-24(29)11-8-12-25(23)30/h7-14,18,20H,15-17H2,1-6H3,(H,33,34)/b14-13+/t18-,20+/m0/s1. The van der Waals surface area contributed by atoms with Crippen molar-refractivity contribution in [1.29, 1.82) is 0 Å². The Kier molecular flexibility index (Phi) is 8.77. The fourth-order valence-corrected chi connectivity index (χ4v) is 5.96. The number of carboxylic acids is 1. The van der Waals surface area contributed by atoms with E-state index < -0.39 is 14.3 Å². The molecule has 0 saturated heterocycles. The maximum absolute atomic E-state index is 13.8. The van der Waals surface area contributed by atoms with Gasteiger partial charge in [0.2, 0.25) is 5.91 Å². The summed E-state index contributed by atoms with van der Waals surface area (Å²) in [6.07, 6.45) is 3.43. The molecule has 2 aromatic carbocycles. The van der Waals surface area contributed by atoms with Gasteiger partial charge in [-0.3, -0.25) is 4.79 Å². The van der Waals surface area contributed by atoms with Crippen LogP contribution in [0.1, 0.15) is 56.0 Å². The average molecular weight is 549 g/mol. The van der Waals surface area contributed by atoms with Gasteiger partial charge >= 0.3 is 5.97 Å². The largest absolute Gasteiger partial charge is 0.478 e. The molecule has 0 unspecified atom stereocenters. The molecule has 0 radical (unpaired) electrons. The maximum atomic E-state index is 13.8. The Morgan fingerprint density at radius 3 is 2.33 bits per heavy atom. The highest BCUT2D eigenvalue weighted by atomic mass is 35.5. The summed E-state index contributed by atoms with van der Waals surface area (Å²) in [5.74, 6) is -1.07. The molecular weight excluding hydrogens is 513 g/mol. The third-order valence-corrected chi connectivity index (χ3v) is 12.7. The number of carbonyl (C=O) groups excluding carboxylic acids is 1. The van der Waals surface area contributed by atoms with E-state index in [0.29, 0.717) is 28.6 Å². The first-order valence-corrected chi connectivity index (χ1v) is 15.8. The summed E-state index contributed by atoms with van der Waals surface area (Å²) >= 11 is 12.8. The van der Waals surface area contributed by atoms with E-state index in [1.54, 1.807) is 24.3 Å². The third kappa shape index (κ3) is 6.22. The number of amides is 1. The van der Waals surface area contributed by atoms with Crippen LogP contribution < -0.4 is 0 Å². The number of nitrogens with zero attached hydrogens (tertiary/aromatic N) is 1. The Morgan fingerprint density at radius 1 is 1.14 bits per heavy atom. The Bertz CT molecular complexity index is 1150. The second-order valence-electron chi connectivity index (χ2n) is 10.9. The van der Waals surface area contributed by atoms with Gasteiger partial charge in [-0.15, -0.1) is 0 Å². The minimum absolute atomic E-state index is 0.0283. The summed E-state index contributed by atoms with van der Waals surface area (Å²) in [7, 11) is -2.07. The molecule has 5 nitrogen and oxygen atoms in total. The zero-order valence-electron chi connectivity index (χ0n) is 21.8. The molecule has 194 valence electrons. The molecule has 1 heterocycles. The number of rotatable bonds is 7. The molecule has 1 amide bonds. The van der Waals surface area contributed by atoms with Crippen LogP contribution >= 0.6 is 23.2 Å². The summed E-state index contributed by atoms with van der Waals surface area (Å²) in [5.41, 5.74) is 3.52.